The lowest BCUT2D eigenvalue weighted by atomic mass is 10.1. The molecule has 0 fully saturated rings. The molecule has 1 N–H and O–H groups in total. The average Bonchev–Trinajstić information content (AvgIpc) is 2.85. The van der Waals surface area contributed by atoms with Gasteiger partial charge in [-0.3, -0.25) is 14.2 Å². The molecule has 204 valence electrons. The zero-order valence-electron chi connectivity index (χ0n) is 21.0. The molecule has 12 heteroatoms. The number of ether oxygens (including phenoxy) is 1. The fraction of sp³-hybridized carbons (Fsp3) is 0.346. The summed E-state index contributed by atoms with van der Waals surface area (Å²) in [6.07, 6.45) is -4.98. The number of unbranched alkanes of at least 4 members (excludes halogenated alkanes) is 1. The number of alkyl halides is 3. The number of hydrogen-bond donors (Lipinski definition) is 1. The third kappa shape index (κ3) is 6.07. The highest BCUT2D eigenvalue weighted by atomic mass is 32.2. The van der Waals surface area contributed by atoms with E-state index < -0.39 is 55.9 Å². The van der Waals surface area contributed by atoms with E-state index in [0.717, 1.165) is 35.3 Å². The van der Waals surface area contributed by atoms with Crippen LogP contribution in [0.1, 0.15) is 54.4 Å². The molecule has 38 heavy (non-hydrogen) atoms. The van der Waals surface area contributed by atoms with E-state index >= 15 is 0 Å². The van der Waals surface area contributed by atoms with E-state index in [2.05, 4.69) is 4.98 Å². The van der Waals surface area contributed by atoms with Crippen molar-refractivity contribution in [1.82, 2.24) is 9.55 Å². The maximum atomic E-state index is 13.7. The molecule has 2 aromatic carbocycles. The quantitative estimate of drug-likeness (QED) is 0.354. The molecule has 0 unspecified atom stereocenters. The number of ketones is 1. The summed E-state index contributed by atoms with van der Waals surface area (Å²) in [6, 6.07) is 9.15. The summed E-state index contributed by atoms with van der Waals surface area (Å²) in [5.74, 6) is -1.35. The number of sulfone groups is 1. The van der Waals surface area contributed by atoms with E-state index in [0.29, 0.717) is 17.7 Å². The van der Waals surface area contributed by atoms with Crippen LogP contribution in [0.15, 0.2) is 57.1 Å². The predicted octanol–water partition coefficient (Wildman–Crippen LogP) is 4.96. The first-order chi connectivity index (χ1) is 17.8. The lowest BCUT2D eigenvalue weighted by molar-refractivity contribution is -0.133. The number of carbonyl (C=O) groups is 1. The van der Waals surface area contributed by atoms with Crippen LogP contribution < -0.4 is 10.3 Å². The number of para-hydroxylation sites is 1. The average molecular weight is 553 g/mol. The molecule has 3 aromatic rings. The van der Waals surface area contributed by atoms with Gasteiger partial charge in [0.2, 0.25) is 15.7 Å². The first-order valence-corrected chi connectivity index (χ1v) is 13.2. The fourth-order valence-electron chi connectivity index (χ4n) is 3.93. The molecule has 0 saturated heterocycles. The second-order valence-electron chi connectivity index (χ2n) is 8.62. The lowest BCUT2D eigenvalue weighted by Gasteiger charge is -2.19. The third-order valence-corrected chi connectivity index (χ3v) is 7.67. The first kappa shape index (κ1) is 28.9. The number of halogens is 3. The number of Topliss-reactive ketones (excluding diaryl/α,β-unsaturated/α-hetero) is 1. The minimum Gasteiger partial charge on any atom is -0.495 e. The van der Waals surface area contributed by atoms with Crippen LogP contribution >= 0.6 is 0 Å². The monoisotopic (exact) mass is 552 g/mol. The van der Waals surface area contributed by atoms with Gasteiger partial charge in [-0.15, -0.1) is 0 Å². The second-order valence-corrected chi connectivity index (χ2v) is 10.5. The van der Waals surface area contributed by atoms with Crippen LogP contribution in [0, 0.1) is 6.92 Å². The van der Waals surface area contributed by atoms with Gasteiger partial charge in [0.25, 0.3) is 5.56 Å². The van der Waals surface area contributed by atoms with Crippen molar-refractivity contribution in [3.63, 3.8) is 0 Å². The van der Waals surface area contributed by atoms with Crippen LogP contribution in [-0.2, 0) is 16.3 Å². The Balaban J connectivity index is 2.15. The molecule has 0 radical (unpaired) electrons. The summed E-state index contributed by atoms with van der Waals surface area (Å²) < 4.78 is 70.8. The SMILES string of the molecule is CCCCc1nc(O)c(S(=O)(=O)c2ccc(C(=O)CCC(F)(F)F)cc2)c(=O)n1-c1c(C)cccc1OC. The summed E-state index contributed by atoms with van der Waals surface area (Å²) in [6.45, 7) is 3.64. The van der Waals surface area contributed by atoms with Crippen molar-refractivity contribution in [1.29, 1.82) is 0 Å². The van der Waals surface area contributed by atoms with Gasteiger partial charge in [0.05, 0.1) is 24.1 Å². The Kier molecular flexibility index (Phi) is 8.65. The summed E-state index contributed by atoms with van der Waals surface area (Å²) >= 11 is 0. The number of hydrogen-bond acceptors (Lipinski definition) is 7. The highest BCUT2D eigenvalue weighted by Gasteiger charge is 2.32. The number of aryl methyl sites for hydroxylation is 2. The van der Waals surface area contributed by atoms with Gasteiger partial charge in [-0.25, -0.2) is 8.42 Å². The Morgan fingerprint density at radius 1 is 1.13 bits per heavy atom. The Bertz CT molecular complexity index is 1500. The Hall–Kier alpha value is -3.67. The Morgan fingerprint density at radius 2 is 1.79 bits per heavy atom. The number of rotatable bonds is 10. The molecule has 0 bridgehead atoms. The van der Waals surface area contributed by atoms with E-state index in [1.807, 2.05) is 6.92 Å². The zero-order chi connectivity index (χ0) is 28.3. The summed E-state index contributed by atoms with van der Waals surface area (Å²) in [5.41, 5.74) is -0.281. The third-order valence-electron chi connectivity index (χ3n) is 5.88. The maximum Gasteiger partial charge on any atom is 0.389 e. The molecule has 0 saturated carbocycles. The summed E-state index contributed by atoms with van der Waals surface area (Å²) in [7, 11) is -3.26. The van der Waals surface area contributed by atoms with Crippen molar-refractivity contribution >= 4 is 15.6 Å². The molecule has 0 amide bonds. The van der Waals surface area contributed by atoms with Gasteiger partial charge in [0.1, 0.15) is 11.6 Å². The van der Waals surface area contributed by atoms with Gasteiger partial charge >= 0.3 is 6.18 Å². The second kappa shape index (κ2) is 11.4. The van der Waals surface area contributed by atoms with Crippen molar-refractivity contribution in [3.05, 3.63) is 69.8 Å². The number of nitrogens with zero attached hydrogens (tertiary/aromatic N) is 2. The zero-order valence-corrected chi connectivity index (χ0v) is 21.8. The molecule has 3 rings (SSSR count). The molecular weight excluding hydrogens is 525 g/mol. The van der Waals surface area contributed by atoms with Gasteiger partial charge in [-0.2, -0.15) is 18.2 Å². The summed E-state index contributed by atoms with van der Waals surface area (Å²) in [4.78, 5) is 28.5. The topological polar surface area (TPSA) is 116 Å². The van der Waals surface area contributed by atoms with E-state index in [-0.39, 0.29) is 23.5 Å². The molecule has 0 atom stereocenters. The molecule has 8 nitrogen and oxygen atoms in total. The minimum absolute atomic E-state index is 0.118. The van der Waals surface area contributed by atoms with Crippen LogP contribution in [0.25, 0.3) is 5.69 Å². The van der Waals surface area contributed by atoms with Crippen LogP contribution in [0.4, 0.5) is 13.2 Å². The Labute approximate surface area is 217 Å². The number of methoxy groups -OCH3 is 1. The standard InChI is InChI=1S/C26H27F3N2O6S/c1-4-5-9-21-30-24(33)23(25(34)31(21)22-16(2)7-6-8-20(22)37-3)38(35,36)18-12-10-17(11-13-18)19(32)14-15-26(27,28)29/h6-8,10-13,33H,4-5,9,14-15H2,1-3H3. The van der Waals surface area contributed by atoms with Crippen LogP contribution in [0.2, 0.25) is 0 Å². The van der Waals surface area contributed by atoms with Crippen LogP contribution in [0.5, 0.6) is 11.6 Å². The largest absolute Gasteiger partial charge is 0.495 e. The number of carbonyl (C=O) groups excluding carboxylic acids is 1. The lowest BCUT2D eigenvalue weighted by Crippen LogP contribution is -2.30. The van der Waals surface area contributed by atoms with Gasteiger partial charge in [0.15, 0.2) is 10.7 Å². The van der Waals surface area contributed by atoms with Gasteiger partial charge in [-0.1, -0.05) is 37.6 Å². The fourth-order valence-corrected chi connectivity index (χ4v) is 5.26. The summed E-state index contributed by atoms with van der Waals surface area (Å²) in [5, 5.41) is 10.6. The molecule has 0 aliphatic heterocycles. The van der Waals surface area contributed by atoms with E-state index in [1.165, 1.54) is 7.11 Å². The normalized spacial score (nSPS) is 11.9. The van der Waals surface area contributed by atoms with Crippen molar-refractivity contribution in [2.75, 3.05) is 7.11 Å². The number of aromatic hydroxyl groups is 1. The van der Waals surface area contributed by atoms with Crippen molar-refractivity contribution in [2.24, 2.45) is 0 Å². The van der Waals surface area contributed by atoms with Crippen molar-refractivity contribution < 1.29 is 36.2 Å². The predicted molar refractivity (Wildman–Crippen MR) is 133 cm³/mol. The van der Waals surface area contributed by atoms with Crippen molar-refractivity contribution in [2.45, 2.75) is 61.9 Å². The maximum absolute atomic E-state index is 13.7. The van der Waals surface area contributed by atoms with Gasteiger partial charge < -0.3 is 9.84 Å². The van der Waals surface area contributed by atoms with Gasteiger partial charge in [0, 0.05) is 18.4 Å². The molecule has 0 spiro atoms. The first-order valence-electron chi connectivity index (χ1n) is 11.8. The molecule has 0 aliphatic rings. The molecule has 0 aliphatic carbocycles. The Morgan fingerprint density at radius 3 is 2.37 bits per heavy atom. The molecular formula is C26H27F3N2O6S. The minimum atomic E-state index is -4.66. The van der Waals surface area contributed by atoms with Gasteiger partial charge in [-0.05, 0) is 37.1 Å². The highest BCUT2D eigenvalue weighted by molar-refractivity contribution is 7.91. The van der Waals surface area contributed by atoms with Crippen LogP contribution in [-0.4, -0.2) is 42.1 Å². The number of benzene rings is 2. The van der Waals surface area contributed by atoms with Crippen molar-refractivity contribution in [3.8, 4) is 17.3 Å². The smallest absolute Gasteiger partial charge is 0.389 e. The number of aromatic nitrogens is 2. The molecule has 1 aromatic heterocycles. The van der Waals surface area contributed by atoms with E-state index in [1.54, 1.807) is 25.1 Å². The van der Waals surface area contributed by atoms with E-state index in [4.69, 9.17) is 4.74 Å². The van der Waals surface area contributed by atoms with E-state index in [9.17, 15) is 36.3 Å². The molecule has 1 heterocycles. The van der Waals surface area contributed by atoms with Crippen LogP contribution in [0.3, 0.4) is 0 Å². The highest BCUT2D eigenvalue weighted by Crippen LogP contribution is 2.31.